The van der Waals surface area contributed by atoms with Gasteiger partial charge in [-0.05, 0) is 12.1 Å². The van der Waals surface area contributed by atoms with Crippen LogP contribution in [0.4, 0.5) is 0 Å². The molecule has 1 heterocycles. The minimum Gasteiger partial charge on any atom is -0.465 e. The van der Waals surface area contributed by atoms with Crippen molar-refractivity contribution in [3.05, 3.63) is 27.9 Å². The number of carbonyl (C=O) groups excluding carboxylic acids is 1. The zero-order valence-corrected chi connectivity index (χ0v) is 9.19. The van der Waals surface area contributed by atoms with Gasteiger partial charge in [-0.3, -0.25) is 5.10 Å². The van der Waals surface area contributed by atoms with Gasteiger partial charge in [0.1, 0.15) is 10.7 Å². The molecule has 4 nitrogen and oxygen atoms in total. The van der Waals surface area contributed by atoms with Gasteiger partial charge in [0, 0.05) is 5.39 Å². The molecule has 0 aliphatic heterocycles. The summed E-state index contributed by atoms with van der Waals surface area (Å²) in [5.74, 6) is -0.462. The van der Waals surface area contributed by atoms with Gasteiger partial charge in [-0.15, -0.1) is 0 Å². The number of aromatic nitrogens is 2. The van der Waals surface area contributed by atoms with Crippen molar-refractivity contribution in [1.82, 2.24) is 10.2 Å². The molecule has 0 atom stereocenters. The lowest BCUT2D eigenvalue weighted by molar-refractivity contribution is 0.0601. The van der Waals surface area contributed by atoms with Crippen LogP contribution in [0.15, 0.2) is 12.1 Å². The Morgan fingerprint density at radius 2 is 2.20 bits per heavy atom. The van der Waals surface area contributed by atoms with Gasteiger partial charge in [0.05, 0.1) is 17.7 Å². The maximum absolute atomic E-state index is 11.3. The fourth-order valence-corrected chi connectivity index (χ4v) is 1.73. The number of hydrogen-bond donors (Lipinski definition) is 1. The molecule has 0 aliphatic rings. The highest BCUT2D eigenvalue weighted by Gasteiger charge is 2.13. The van der Waals surface area contributed by atoms with E-state index in [0.717, 1.165) is 0 Å². The molecule has 0 aliphatic carbocycles. The Hall–Kier alpha value is -1.26. The second kappa shape index (κ2) is 3.72. The second-order valence-corrected chi connectivity index (χ2v) is 3.67. The van der Waals surface area contributed by atoms with Crippen LogP contribution in [-0.4, -0.2) is 23.3 Å². The van der Waals surface area contributed by atoms with Gasteiger partial charge >= 0.3 is 5.97 Å². The monoisotopic (exact) mass is 244 g/mol. The number of benzene rings is 1. The Balaban J connectivity index is 2.70. The summed E-state index contributed by atoms with van der Waals surface area (Å²) >= 11 is 11.8. The number of H-pyrrole nitrogens is 1. The van der Waals surface area contributed by atoms with Crippen LogP contribution in [-0.2, 0) is 4.74 Å². The molecular formula is C9H6Cl2N2O2. The molecule has 1 aromatic carbocycles. The van der Waals surface area contributed by atoms with Gasteiger partial charge in [0.25, 0.3) is 0 Å². The molecule has 0 saturated carbocycles. The molecular weight excluding hydrogens is 239 g/mol. The van der Waals surface area contributed by atoms with E-state index in [0.29, 0.717) is 26.6 Å². The Morgan fingerprint density at radius 1 is 1.47 bits per heavy atom. The Labute approximate surface area is 95.1 Å². The van der Waals surface area contributed by atoms with E-state index in [4.69, 9.17) is 23.2 Å². The third-order valence-corrected chi connectivity index (χ3v) is 2.56. The van der Waals surface area contributed by atoms with E-state index in [2.05, 4.69) is 14.9 Å². The van der Waals surface area contributed by atoms with Gasteiger partial charge in [-0.1, -0.05) is 23.2 Å². The SMILES string of the molecule is COC(=O)c1cc(Cl)c2n[nH]c(Cl)c2c1. The van der Waals surface area contributed by atoms with Crippen molar-refractivity contribution in [2.45, 2.75) is 0 Å². The Morgan fingerprint density at radius 3 is 2.87 bits per heavy atom. The summed E-state index contributed by atoms with van der Waals surface area (Å²) in [6.07, 6.45) is 0. The fourth-order valence-electron chi connectivity index (χ4n) is 1.28. The first-order chi connectivity index (χ1) is 7.13. The lowest BCUT2D eigenvalue weighted by Crippen LogP contribution is -2.00. The number of ether oxygens (including phenoxy) is 1. The normalized spacial score (nSPS) is 10.6. The van der Waals surface area contributed by atoms with Crippen LogP contribution in [0.1, 0.15) is 10.4 Å². The largest absolute Gasteiger partial charge is 0.465 e. The summed E-state index contributed by atoms with van der Waals surface area (Å²) in [6, 6.07) is 3.08. The molecule has 1 N–H and O–H groups in total. The molecule has 78 valence electrons. The van der Waals surface area contributed by atoms with Crippen LogP contribution < -0.4 is 0 Å². The van der Waals surface area contributed by atoms with Crippen molar-refractivity contribution in [1.29, 1.82) is 0 Å². The molecule has 2 rings (SSSR count). The van der Waals surface area contributed by atoms with Crippen molar-refractivity contribution in [2.24, 2.45) is 0 Å². The van der Waals surface area contributed by atoms with Crippen LogP contribution in [0.2, 0.25) is 10.2 Å². The molecule has 15 heavy (non-hydrogen) atoms. The maximum atomic E-state index is 11.3. The van der Waals surface area contributed by atoms with Crippen molar-refractivity contribution in [3.8, 4) is 0 Å². The van der Waals surface area contributed by atoms with Crippen LogP contribution in [0.25, 0.3) is 10.9 Å². The summed E-state index contributed by atoms with van der Waals surface area (Å²) in [4.78, 5) is 11.3. The number of methoxy groups -OCH3 is 1. The van der Waals surface area contributed by atoms with Crippen molar-refractivity contribution < 1.29 is 9.53 Å². The third-order valence-electron chi connectivity index (χ3n) is 1.99. The summed E-state index contributed by atoms with van der Waals surface area (Å²) in [5.41, 5.74) is 0.882. The van der Waals surface area contributed by atoms with Crippen molar-refractivity contribution in [2.75, 3.05) is 7.11 Å². The number of aromatic amines is 1. The second-order valence-electron chi connectivity index (χ2n) is 2.88. The first kappa shape index (κ1) is 10.3. The Bertz CT molecular complexity index is 536. The molecule has 0 saturated heterocycles. The summed E-state index contributed by atoms with van der Waals surface area (Å²) in [6.45, 7) is 0. The number of rotatable bonds is 1. The number of carbonyl (C=O) groups is 1. The molecule has 0 bridgehead atoms. The van der Waals surface area contributed by atoms with E-state index < -0.39 is 5.97 Å². The van der Waals surface area contributed by atoms with E-state index in [1.54, 1.807) is 6.07 Å². The first-order valence-corrected chi connectivity index (χ1v) is 4.80. The summed E-state index contributed by atoms with van der Waals surface area (Å²) in [5, 5.41) is 7.79. The Kier molecular flexibility index (Phi) is 2.54. The average molecular weight is 245 g/mol. The first-order valence-electron chi connectivity index (χ1n) is 4.05. The van der Waals surface area contributed by atoms with E-state index in [9.17, 15) is 4.79 Å². The van der Waals surface area contributed by atoms with Crippen molar-refractivity contribution >= 4 is 40.1 Å². The van der Waals surface area contributed by atoms with Gasteiger partial charge in [-0.25, -0.2) is 4.79 Å². The lowest BCUT2D eigenvalue weighted by Gasteiger charge is -2.00. The highest BCUT2D eigenvalue weighted by Crippen LogP contribution is 2.28. The predicted octanol–water partition coefficient (Wildman–Crippen LogP) is 2.66. The molecule has 6 heteroatoms. The quantitative estimate of drug-likeness (QED) is 0.785. The standard InChI is InChI=1S/C9H6Cl2N2O2/c1-15-9(14)4-2-5-7(6(10)3-4)12-13-8(5)11/h2-3H,1H3,(H,12,13). The van der Waals surface area contributed by atoms with Crippen LogP contribution >= 0.6 is 23.2 Å². The third kappa shape index (κ3) is 1.66. The summed E-state index contributed by atoms with van der Waals surface area (Å²) in [7, 11) is 1.30. The molecule has 2 aromatic rings. The number of nitrogens with zero attached hydrogens (tertiary/aromatic N) is 1. The number of fused-ring (bicyclic) bond motifs is 1. The molecule has 0 fully saturated rings. The van der Waals surface area contributed by atoms with E-state index in [1.165, 1.54) is 13.2 Å². The number of nitrogens with one attached hydrogen (secondary N) is 1. The number of halogens is 2. The molecule has 0 spiro atoms. The fraction of sp³-hybridized carbons (Fsp3) is 0.111. The minimum atomic E-state index is -0.462. The van der Waals surface area contributed by atoms with Crippen LogP contribution in [0.5, 0.6) is 0 Å². The smallest absolute Gasteiger partial charge is 0.337 e. The zero-order valence-electron chi connectivity index (χ0n) is 7.67. The molecule has 0 radical (unpaired) electrons. The predicted molar refractivity (Wildman–Crippen MR) is 57.5 cm³/mol. The number of hydrogen-bond acceptors (Lipinski definition) is 3. The topological polar surface area (TPSA) is 55.0 Å². The van der Waals surface area contributed by atoms with Gasteiger partial charge in [0.2, 0.25) is 0 Å². The van der Waals surface area contributed by atoms with Gasteiger partial charge in [-0.2, -0.15) is 5.10 Å². The molecule has 0 unspecified atom stereocenters. The van der Waals surface area contributed by atoms with Crippen molar-refractivity contribution in [3.63, 3.8) is 0 Å². The summed E-state index contributed by atoms with van der Waals surface area (Å²) < 4.78 is 4.59. The minimum absolute atomic E-state index is 0.345. The van der Waals surface area contributed by atoms with Gasteiger partial charge < -0.3 is 4.74 Å². The molecule has 0 amide bonds. The highest BCUT2D eigenvalue weighted by molar-refractivity contribution is 6.39. The van der Waals surface area contributed by atoms with Crippen LogP contribution in [0, 0.1) is 0 Å². The van der Waals surface area contributed by atoms with E-state index in [1.807, 2.05) is 0 Å². The average Bonchev–Trinajstić information content (AvgIpc) is 2.60. The van der Waals surface area contributed by atoms with Gasteiger partial charge in [0.15, 0.2) is 0 Å². The number of esters is 1. The molecule has 1 aromatic heterocycles. The van der Waals surface area contributed by atoms with E-state index >= 15 is 0 Å². The maximum Gasteiger partial charge on any atom is 0.337 e. The van der Waals surface area contributed by atoms with Crippen LogP contribution in [0.3, 0.4) is 0 Å². The lowest BCUT2D eigenvalue weighted by atomic mass is 10.1. The van der Waals surface area contributed by atoms with E-state index in [-0.39, 0.29) is 0 Å². The highest BCUT2D eigenvalue weighted by atomic mass is 35.5. The zero-order chi connectivity index (χ0) is 11.0.